The Kier molecular flexibility index (Phi) is 17.1. The Morgan fingerprint density at radius 2 is 1.23 bits per heavy atom. The lowest BCUT2D eigenvalue weighted by Gasteiger charge is -2.27. The molecular formula is C26H44N6O11. The highest BCUT2D eigenvalue weighted by molar-refractivity contribution is 5.96. The van der Waals surface area contributed by atoms with E-state index in [2.05, 4.69) is 21.3 Å². The van der Waals surface area contributed by atoms with Crippen LogP contribution in [0.3, 0.4) is 0 Å². The SMILES string of the molecule is CC[C@H](C)[C@H](N)C(=O)N[C@@H](C)C(=O)NCC(=O)N[C@H](C(=O)N[C@@H](CC(=O)O)C(=O)N[C@@H](CCC(=O)O)C(=O)O)[C@@H](C)CC. The molecule has 0 saturated carbocycles. The second-order valence-corrected chi connectivity index (χ2v) is 10.3. The second kappa shape index (κ2) is 19.0. The summed E-state index contributed by atoms with van der Waals surface area (Å²) in [6.07, 6.45) is -1.02. The van der Waals surface area contributed by atoms with E-state index in [1.54, 1.807) is 20.8 Å². The maximum Gasteiger partial charge on any atom is 0.326 e. The van der Waals surface area contributed by atoms with Crippen molar-refractivity contribution in [2.45, 2.75) is 96.9 Å². The number of amides is 5. The van der Waals surface area contributed by atoms with Crippen molar-refractivity contribution >= 4 is 47.4 Å². The van der Waals surface area contributed by atoms with Crippen molar-refractivity contribution in [3.05, 3.63) is 0 Å². The van der Waals surface area contributed by atoms with E-state index in [1.165, 1.54) is 6.92 Å². The number of carboxylic acids is 3. The Labute approximate surface area is 249 Å². The summed E-state index contributed by atoms with van der Waals surface area (Å²) in [7, 11) is 0. The Morgan fingerprint density at radius 1 is 0.674 bits per heavy atom. The third-order valence-corrected chi connectivity index (χ3v) is 6.82. The maximum atomic E-state index is 13.1. The van der Waals surface area contributed by atoms with Gasteiger partial charge < -0.3 is 47.6 Å². The molecule has 244 valence electrons. The number of carbonyl (C=O) groups excluding carboxylic acids is 5. The quantitative estimate of drug-likeness (QED) is 0.0711. The highest BCUT2D eigenvalue weighted by Crippen LogP contribution is 2.10. The molecule has 10 N–H and O–H groups in total. The molecule has 0 aromatic rings. The molecule has 0 spiro atoms. The lowest BCUT2D eigenvalue weighted by Crippen LogP contribution is -2.58. The number of carbonyl (C=O) groups is 8. The summed E-state index contributed by atoms with van der Waals surface area (Å²) in [6, 6.07) is -6.56. The van der Waals surface area contributed by atoms with E-state index in [0.29, 0.717) is 12.8 Å². The van der Waals surface area contributed by atoms with Gasteiger partial charge in [-0.05, 0) is 25.2 Å². The van der Waals surface area contributed by atoms with E-state index >= 15 is 0 Å². The van der Waals surface area contributed by atoms with Crippen molar-refractivity contribution in [3.8, 4) is 0 Å². The van der Waals surface area contributed by atoms with Gasteiger partial charge in [0.2, 0.25) is 29.5 Å². The molecule has 0 saturated heterocycles. The summed E-state index contributed by atoms with van der Waals surface area (Å²) in [4.78, 5) is 96.6. The van der Waals surface area contributed by atoms with Crippen LogP contribution in [0.1, 0.15) is 66.7 Å². The zero-order valence-electron chi connectivity index (χ0n) is 25.0. The van der Waals surface area contributed by atoms with Gasteiger partial charge in [0.15, 0.2) is 0 Å². The first-order chi connectivity index (χ1) is 19.9. The third kappa shape index (κ3) is 14.4. The number of rotatable bonds is 20. The van der Waals surface area contributed by atoms with Gasteiger partial charge in [-0.3, -0.25) is 33.6 Å². The van der Waals surface area contributed by atoms with Crippen LogP contribution in [0.4, 0.5) is 0 Å². The van der Waals surface area contributed by atoms with Crippen molar-refractivity contribution in [2.75, 3.05) is 6.54 Å². The number of hydrogen-bond acceptors (Lipinski definition) is 9. The zero-order valence-corrected chi connectivity index (χ0v) is 25.0. The molecule has 43 heavy (non-hydrogen) atoms. The van der Waals surface area contributed by atoms with Crippen LogP contribution in [-0.4, -0.2) is 99.5 Å². The van der Waals surface area contributed by atoms with Crippen LogP contribution in [0.25, 0.3) is 0 Å². The highest BCUT2D eigenvalue weighted by atomic mass is 16.4. The van der Waals surface area contributed by atoms with Gasteiger partial charge in [-0.15, -0.1) is 0 Å². The molecule has 0 unspecified atom stereocenters. The highest BCUT2D eigenvalue weighted by Gasteiger charge is 2.33. The van der Waals surface area contributed by atoms with Gasteiger partial charge in [-0.25, -0.2) is 4.79 Å². The molecule has 0 rings (SSSR count). The molecule has 0 aliphatic carbocycles. The zero-order chi connectivity index (χ0) is 33.4. The van der Waals surface area contributed by atoms with Crippen LogP contribution in [-0.2, 0) is 38.4 Å². The molecule has 0 aliphatic rings. The van der Waals surface area contributed by atoms with E-state index in [1.807, 2.05) is 12.2 Å². The number of nitrogens with one attached hydrogen (secondary N) is 5. The summed E-state index contributed by atoms with van der Waals surface area (Å²) in [5.41, 5.74) is 5.86. The minimum Gasteiger partial charge on any atom is -0.481 e. The molecular weight excluding hydrogens is 572 g/mol. The Hall–Kier alpha value is -4.28. The van der Waals surface area contributed by atoms with Gasteiger partial charge in [0.05, 0.1) is 19.0 Å². The summed E-state index contributed by atoms with van der Waals surface area (Å²) in [5.74, 6) is -9.20. The van der Waals surface area contributed by atoms with Crippen LogP contribution in [0.15, 0.2) is 0 Å². The molecule has 17 nitrogen and oxygen atoms in total. The van der Waals surface area contributed by atoms with Gasteiger partial charge in [-0.1, -0.05) is 40.5 Å². The smallest absolute Gasteiger partial charge is 0.326 e. The standard InChI is InChI=1S/C26H44N6O11/c1-6-12(3)20(27)24(40)29-14(5)22(38)28-11-17(33)32-21(13(4)7-2)25(41)31-16(10-19(36)37)23(39)30-15(26(42)43)8-9-18(34)35/h12-16,20-21H,6-11,27H2,1-5H3,(H,28,38)(H,29,40)(H,30,39)(H,31,41)(H,32,33)(H,34,35)(H,36,37)(H,42,43)/t12-,13-,14-,15-,16-,20-,21-/m0/s1. The fourth-order valence-corrected chi connectivity index (χ4v) is 3.58. The van der Waals surface area contributed by atoms with Gasteiger partial charge in [0.25, 0.3) is 0 Å². The molecule has 0 aliphatic heterocycles. The number of hydrogen-bond donors (Lipinski definition) is 9. The second-order valence-electron chi connectivity index (χ2n) is 10.3. The van der Waals surface area contributed by atoms with Crippen LogP contribution >= 0.6 is 0 Å². The minimum absolute atomic E-state index is 0.124. The first-order valence-corrected chi connectivity index (χ1v) is 13.8. The predicted molar refractivity (Wildman–Crippen MR) is 150 cm³/mol. The number of carboxylic acid groups (broad SMARTS) is 3. The molecule has 7 atom stereocenters. The van der Waals surface area contributed by atoms with E-state index in [0.717, 1.165) is 0 Å². The van der Waals surface area contributed by atoms with E-state index < -0.39 is 109 Å². The first kappa shape index (κ1) is 38.7. The molecule has 5 amide bonds. The van der Waals surface area contributed by atoms with Crippen LogP contribution < -0.4 is 32.3 Å². The van der Waals surface area contributed by atoms with Gasteiger partial charge in [-0.2, -0.15) is 0 Å². The molecule has 0 fully saturated rings. The third-order valence-electron chi connectivity index (χ3n) is 6.82. The molecule has 0 bridgehead atoms. The van der Waals surface area contributed by atoms with Crippen LogP contribution in [0, 0.1) is 11.8 Å². The molecule has 0 heterocycles. The Morgan fingerprint density at radius 3 is 1.72 bits per heavy atom. The van der Waals surface area contributed by atoms with E-state index in [9.17, 15) is 48.6 Å². The normalized spacial score (nSPS) is 15.7. The molecule has 0 aromatic heterocycles. The average Bonchev–Trinajstić information content (AvgIpc) is 2.93. The van der Waals surface area contributed by atoms with Crippen LogP contribution in [0.2, 0.25) is 0 Å². The Balaban J connectivity index is 5.43. The van der Waals surface area contributed by atoms with Gasteiger partial charge in [0, 0.05) is 6.42 Å². The van der Waals surface area contributed by atoms with E-state index in [-0.39, 0.29) is 5.92 Å². The fraction of sp³-hybridized carbons (Fsp3) is 0.692. The summed E-state index contributed by atoms with van der Waals surface area (Å²) in [6.45, 7) is 7.76. The van der Waals surface area contributed by atoms with Crippen molar-refractivity contribution < 1.29 is 53.7 Å². The van der Waals surface area contributed by atoms with Crippen molar-refractivity contribution in [1.82, 2.24) is 26.6 Å². The number of nitrogens with two attached hydrogens (primary N) is 1. The molecule has 0 radical (unpaired) electrons. The lowest BCUT2D eigenvalue weighted by molar-refractivity contribution is -0.144. The summed E-state index contributed by atoms with van der Waals surface area (Å²) in [5, 5.41) is 38.7. The van der Waals surface area contributed by atoms with E-state index in [4.69, 9.17) is 10.8 Å². The molecule has 0 aromatic carbocycles. The van der Waals surface area contributed by atoms with Gasteiger partial charge in [0.1, 0.15) is 24.2 Å². The predicted octanol–water partition coefficient (Wildman–Crippen LogP) is -2.09. The average molecular weight is 617 g/mol. The monoisotopic (exact) mass is 616 g/mol. The number of aliphatic carboxylic acids is 3. The summed E-state index contributed by atoms with van der Waals surface area (Å²) < 4.78 is 0. The largest absolute Gasteiger partial charge is 0.481 e. The summed E-state index contributed by atoms with van der Waals surface area (Å²) >= 11 is 0. The van der Waals surface area contributed by atoms with Gasteiger partial charge >= 0.3 is 17.9 Å². The Bertz CT molecular complexity index is 1040. The van der Waals surface area contributed by atoms with Crippen molar-refractivity contribution in [2.24, 2.45) is 17.6 Å². The lowest BCUT2D eigenvalue weighted by atomic mass is 9.97. The topological polar surface area (TPSA) is 283 Å². The first-order valence-electron chi connectivity index (χ1n) is 13.8. The maximum absolute atomic E-state index is 13.1. The van der Waals surface area contributed by atoms with Crippen molar-refractivity contribution in [1.29, 1.82) is 0 Å². The molecule has 17 heteroatoms. The minimum atomic E-state index is -1.76. The van der Waals surface area contributed by atoms with Crippen LogP contribution in [0.5, 0.6) is 0 Å². The van der Waals surface area contributed by atoms with Crippen molar-refractivity contribution in [3.63, 3.8) is 0 Å². The fourth-order valence-electron chi connectivity index (χ4n) is 3.58.